The van der Waals surface area contributed by atoms with Crippen molar-refractivity contribution < 1.29 is 22.4 Å². The molecule has 1 aliphatic heterocycles. The van der Waals surface area contributed by atoms with Gasteiger partial charge in [0.2, 0.25) is 5.89 Å². The molecule has 8 heteroatoms. The van der Waals surface area contributed by atoms with Crippen LogP contribution in [0.1, 0.15) is 24.6 Å². The summed E-state index contributed by atoms with van der Waals surface area (Å²) in [6.45, 7) is 0.750. The van der Waals surface area contributed by atoms with Gasteiger partial charge < -0.3 is 15.0 Å². The van der Waals surface area contributed by atoms with E-state index in [2.05, 4.69) is 14.7 Å². The lowest BCUT2D eigenvalue weighted by Gasteiger charge is -2.29. The predicted octanol–water partition coefficient (Wildman–Crippen LogP) is 1.05. The van der Waals surface area contributed by atoms with Crippen LogP contribution in [0.4, 0.5) is 13.2 Å². The lowest BCUT2D eigenvalue weighted by molar-refractivity contribution is -0.146. The highest BCUT2D eigenvalue weighted by molar-refractivity contribution is 5.04. The SMILES string of the molecule is NC1(c2nc(C(F)(F)F)no2)CCOCC1. The lowest BCUT2D eigenvalue weighted by Crippen LogP contribution is -2.42. The van der Waals surface area contributed by atoms with E-state index in [4.69, 9.17) is 10.5 Å². The van der Waals surface area contributed by atoms with Crippen LogP contribution in [-0.2, 0) is 16.5 Å². The fourth-order valence-electron chi connectivity index (χ4n) is 1.49. The van der Waals surface area contributed by atoms with Gasteiger partial charge in [-0.15, -0.1) is 0 Å². The van der Waals surface area contributed by atoms with Crippen LogP contribution in [0.25, 0.3) is 0 Å². The number of rotatable bonds is 1. The fraction of sp³-hybridized carbons (Fsp3) is 0.750. The first-order valence-electron chi connectivity index (χ1n) is 4.70. The van der Waals surface area contributed by atoms with E-state index >= 15 is 0 Å². The largest absolute Gasteiger partial charge is 0.455 e. The first kappa shape index (κ1) is 11.3. The van der Waals surface area contributed by atoms with Crippen molar-refractivity contribution in [2.45, 2.75) is 24.6 Å². The zero-order chi connectivity index (χ0) is 11.8. The fourth-order valence-corrected chi connectivity index (χ4v) is 1.49. The number of hydrogen-bond donors (Lipinski definition) is 1. The normalized spacial score (nSPS) is 21.0. The van der Waals surface area contributed by atoms with Gasteiger partial charge in [0.15, 0.2) is 0 Å². The Kier molecular flexibility index (Phi) is 2.62. The second-order valence-electron chi connectivity index (χ2n) is 3.69. The van der Waals surface area contributed by atoms with Gasteiger partial charge in [0.05, 0.1) is 0 Å². The van der Waals surface area contributed by atoms with Crippen LogP contribution in [0, 0.1) is 0 Å². The molecule has 16 heavy (non-hydrogen) atoms. The Balaban J connectivity index is 2.24. The number of nitrogens with two attached hydrogens (primary N) is 1. The van der Waals surface area contributed by atoms with Crippen molar-refractivity contribution in [3.05, 3.63) is 11.7 Å². The van der Waals surface area contributed by atoms with Crippen LogP contribution >= 0.6 is 0 Å². The van der Waals surface area contributed by atoms with E-state index in [0.29, 0.717) is 26.1 Å². The lowest BCUT2D eigenvalue weighted by atomic mass is 9.91. The van der Waals surface area contributed by atoms with Crippen molar-refractivity contribution in [1.29, 1.82) is 0 Å². The molecule has 0 radical (unpaired) electrons. The Bertz CT molecular complexity index is 371. The van der Waals surface area contributed by atoms with Crippen LogP contribution in [0.3, 0.4) is 0 Å². The first-order chi connectivity index (χ1) is 7.42. The summed E-state index contributed by atoms with van der Waals surface area (Å²) in [5, 5.41) is 2.88. The molecule has 1 aliphatic rings. The summed E-state index contributed by atoms with van der Waals surface area (Å²) in [5.74, 6) is -1.47. The molecule has 1 aromatic heterocycles. The second-order valence-corrected chi connectivity index (χ2v) is 3.69. The van der Waals surface area contributed by atoms with Crippen LogP contribution in [0.2, 0.25) is 0 Å². The van der Waals surface area contributed by atoms with E-state index in [1.165, 1.54) is 0 Å². The van der Waals surface area contributed by atoms with Gasteiger partial charge in [0.1, 0.15) is 5.54 Å². The van der Waals surface area contributed by atoms with Crippen molar-refractivity contribution in [3.63, 3.8) is 0 Å². The number of halogens is 3. The van der Waals surface area contributed by atoms with Gasteiger partial charge in [-0.1, -0.05) is 5.16 Å². The van der Waals surface area contributed by atoms with E-state index in [0.717, 1.165) is 0 Å². The maximum atomic E-state index is 12.2. The van der Waals surface area contributed by atoms with Gasteiger partial charge in [0, 0.05) is 13.2 Å². The van der Waals surface area contributed by atoms with Gasteiger partial charge in [0.25, 0.3) is 5.82 Å². The predicted molar refractivity (Wildman–Crippen MR) is 45.2 cm³/mol. The van der Waals surface area contributed by atoms with Crippen LogP contribution in [0.5, 0.6) is 0 Å². The summed E-state index contributed by atoms with van der Waals surface area (Å²) in [6, 6.07) is 0. The van der Waals surface area contributed by atoms with Gasteiger partial charge in [-0.25, -0.2) is 0 Å². The maximum Gasteiger partial charge on any atom is 0.455 e. The smallest absolute Gasteiger partial charge is 0.381 e. The second kappa shape index (κ2) is 3.70. The summed E-state index contributed by atoms with van der Waals surface area (Å²) < 4.78 is 46.4. The standard InChI is InChI=1S/C8H10F3N3O2/c9-8(10,11)5-13-6(16-14-5)7(12)1-3-15-4-2-7/h1-4,12H2. The quantitative estimate of drug-likeness (QED) is 0.790. The van der Waals surface area contributed by atoms with E-state index < -0.39 is 17.5 Å². The molecule has 2 rings (SSSR count). The van der Waals surface area contributed by atoms with Gasteiger partial charge in [-0.05, 0) is 12.8 Å². The molecule has 0 unspecified atom stereocenters. The van der Waals surface area contributed by atoms with Gasteiger partial charge in [-0.3, -0.25) is 0 Å². The van der Waals surface area contributed by atoms with Crippen molar-refractivity contribution >= 4 is 0 Å². The van der Waals surface area contributed by atoms with Crippen LogP contribution < -0.4 is 5.73 Å². The Hall–Kier alpha value is -1.15. The number of nitrogens with zero attached hydrogens (tertiary/aromatic N) is 2. The summed E-state index contributed by atoms with van der Waals surface area (Å²) in [5.41, 5.74) is 4.89. The molecule has 0 spiro atoms. The zero-order valence-electron chi connectivity index (χ0n) is 8.25. The van der Waals surface area contributed by atoms with E-state index in [1.807, 2.05) is 0 Å². The molecule has 0 aliphatic carbocycles. The first-order valence-corrected chi connectivity index (χ1v) is 4.70. The zero-order valence-corrected chi connectivity index (χ0v) is 8.25. The Morgan fingerprint density at radius 2 is 1.88 bits per heavy atom. The molecular formula is C8H10F3N3O2. The third kappa shape index (κ3) is 2.03. The molecule has 5 nitrogen and oxygen atoms in total. The number of alkyl halides is 3. The molecule has 0 bridgehead atoms. The van der Waals surface area contributed by atoms with Crippen molar-refractivity contribution in [3.8, 4) is 0 Å². The van der Waals surface area contributed by atoms with Gasteiger partial charge in [-0.2, -0.15) is 18.2 Å². The molecule has 0 amide bonds. The average molecular weight is 237 g/mol. The highest BCUT2D eigenvalue weighted by Crippen LogP contribution is 2.31. The summed E-state index contributed by atoms with van der Waals surface area (Å²) in [7, 11) is 0. The van der Waals surface area contributed by atoms with E-state index in [9.17, 15) is 13.2 Å². The highest BCUT2D eigenvalue weighted by atomic mass is 19.4. The minimum absolute atomic E-state index is 0.178. The molecule has 0 aromatic carbocycles. The molecule has 90 valence electrons. The molecule has 0 atom stereocenters. The molecular weight excluding hydrogens is 227 g/mol. The van der Waals surface area contributed by atoms with Crippen LogP contribution in [-0.4, -0.2) is 23.4 Å². The summed E-state index contributed by atoms with van der Waals surface area (Å²) >= 11 is 0. The highest BCUT2D eigenvalue weighted by Gasteiger charge is 2.41. The Labute approximate surface area is 88.8 Å². The minimum atomic E-state index is -4.61. The summed E-state index contributed by atoms with van der Waals surface area (Å²) in [4.78, 5) is 3.29. The molecule has 2 heterocycles. The summed E-state index contributed by atoms with van der Waals surface area (Å²) in [6.07, 6.45) is -3.87. The Morgan fingerprint density at radius 3 is 2.38 bits per heavy atom. The van der Waals surface area contributed by atoms with Crippen molar-refractivity contribution in [2.24, 2.45) is 5.73 Å². The number of hydrogen-bond acceptors (Lipinski definition) is 5. The van der Waals surface area contributed by atoms with Crippen LogP contribution in [0.15, 0.2) is 4.52 Å². The minimum Gasteiger partial charge on any atom is -0.381 e. The molecule has 1 fully saturated rings. The van der Waals surface area contributed by atoms with Crippen molar-refractivity contribution in [2.75, 3.05) is 13.2 Å². The molecule has 0 saturated carbocycles. The molecule has 1 saturated heterocycles. The number of aromatic nitrogens is 2. The monoisotopic (exact) mass is 237 g/mol. The van der Waals surface area contributed by atoms with E-state index in [1.54, 1.807) is 0 Å². The number of ether oxygens (including phenoxy) is 1. The maximum absolute atomic E-state index is 12.2. The Morgan fingerprint density at radius 1 is 1.25 bits per heavy atom. The average Bonchev–Trinajstić information content (AvgIpc) is 2.67. The van der Waals surface area contributed by atoms with E-state index in [-0.39, 0.29) is 5.89 Å². The third-order valence-electron chi connectivity index (χ3n) is 2.49. The molecule has 2 N–H and O–H groups in total. The molecule has 1 aromatic rings. The van der Waals surface area contributed by atoms with Crippen molar-refractivity contribution in [1.82, 2.24) is 10.1 Å². The van der Waals surface area contributed by atoms with Gasteiger partial charge >= 0.3 is 6.18 Å². The topological polar surface area (TPSA) is 74.2 Å². The third-order valence-corrected chi connectivity index (χ3v) is 2.49.